The summed E-state index contributed by atoms with van der Waals surface area (Å²) >= 11 is 1.63. The van der Waals surface area contributed by atoms with Gasteiger partial charge in [0.2, 0.25) is 0 Å². The highest BCUT2D eigenvalue weighted by molar-refractivity contribution is 7.10. The van der Waals surface area contributed by atoms with Gasteiger partial charge in [-0.15, -0.1) is 11.3 Å². The Morgan fingerprint density at radius 3 is 2.50 bits per heavy atom. The van der Waals surface area contributed by atoms with Crippen molar-refractivity contribution in [3.63, 3.8) is 0 Å². The summed E-state index contributed by atoms with van der Waals surface area (Å²) in [6, 6.07) is 18.6. The van der Waals surface area contributed by atoms with Crippen LogP contribution >= 0.6 is 11.3 Å². The maximum absolute atomic E-state index is 12.1. The van der Waals surface area contributed by atoms with E-state index >= 15 is 0 Å². The molecule has 1 amide bonds. The lowest BCUT2D eigenvalue weighted by Crippen LogP contribution is -2.26. The fourth-order valence-electron chi connectivity index (χ4n) is 3.71. The van der Waals surface area contributed by atoms with Crippen LogP contribution in [0.1, 0.15) is 33.9 Å². The molecule has 1 N–H and O–H groups in total. The van der Waals surface area contributed by atoms with E-state index in [9.17, 15) is 4.79 Å². The van der Waals surface area contributed by atoms with Gasteiger partial charge in [-0.05, 0) is 28.3 Å². The molecule has 0 bridgehead atoms. The van der Waals surface area contributed by atoms with Crippen molar-refractivity contribution in [3.8, 4) is 23.0 Å². The Bertz CT molecular complexity index is 1050. The second-order valence-corrected chi connectivity index (χ2v) is 8.03. The summed E-state index contributed by atoms with van der Waals surface area (Å²) in [4.78, 5) is 13.3. The van der Waals surface area contributed by atoms with E-state index in [0.29, 0.717) is 26.2 Å². The zero-order chi connectivity index (χ0) is 20.8. The topological polar surface area (TPSA) is 47.6 Å². The van der Waals surface area contributed by atoms with Crippen LogP contribution in [0.4, 0.5) is 4.79 Å². The maximum Gasteiger partial charge on any atom is 0.407 e. The van der Waals surface area contributed by atoms with Crippen LogP contribution in [-0.4, -0.2) is 26.4 Å². The van der Waals surface area contributed by atoms with Crippen LogP contribution in [0, 0.1) is 11.8 Å². The predicted octanol–water partition coefficient (Wildman–Crippen LogP) is 5.17. The number of carbonyl (C=O) groups is 1. The molecule has 0 atom stereocenters. The van der Waals surface area contributed by atoms with Gasteiger partial charge in [0.05, 0.1) is 6.61 Å². The first kappa shape index (κ1) is 20.2. The Hall–Kier alpha value is -3.07. The number of nitrogens with one attached hydrogen (secondary N) is 1. The minimum Gasteiger partial charge on any atom is -0.449 e. The molecular formula is C25H23NO3S. The van der Waals surface area contributed by atoms with Crippen molar-refractivity contribution < 1.29 is 14.3 Å². The molecule has 0 fully saturated rings. The Labute approximate surface area is 180 Å². The van der Waals surface area contributed by atoms with Crippen LogP contribution in [-0.2, 0) is 16.1 Å². The molecule has 4 nitrogen and oxygen atoms in total. The standard InChI is InChI=1S/C25H23NO3S/c1-28-15-19-14-18(17-30-19)8-6-7-13-26-25(27)29-16-24-22-11-4-2-9-20(22)21-10-3-5-12-23(21)24/h2-5,9-12,14,17,24H,7,13,15-16H2,1H3,(H,26,27). The van der Waals surface area contributed by atoms with E-state index in [1.807, 2.05) is 35.7 Å². The van der Waals surface area contributed by atoms with Crippen LogP contribution in [0.3, 0.4) is 0 Å². The molecule has 0 saturated carbocycles. The van der Waals surface area contributed by atoms with Gasteiger partial charge in [-0.2, -0.15) is 0 Å². The van der Waals surface area contributed by atoms with E-state index in [0.717, 1.165) is 10.4 Å². The second kappa shape index (κ2) is 9.62. The number of alkyl carbamates (subject to hydrolysis) is 1. The molecule has 2 aromatic carbocycles. The number of ether oxygens (including phenoxy) is 2. The van der Waals surface area contributed by atoms with Gasteiger partial charge in [0.25, 0.3) is 0 Å². The summed E-state index contributed by atoms with van der Waals surface area (Å²) < 4.78 is 10.6. The number of fused-ring (bicyclic) bond motifs is 3. The minimum absolute atomic E-state index is 0.0721. The molecule has 1 aliphatic carbocycles. The third kappa shape index (κ3) is 4.56. The fourth-order valence-corrected chi connectivity index (χ4v) is 4.49. The molecule has 0 spiro atoms. The molecule has 1 aromatic heterocycles. The zero-order valence-electron chi connectivity index (χ0n) is 16.8. The first-order valence-electron chi connectivity index (χ1n) is 9.90. The quantitative estimate of drug-likeness (QED) is 0.444. The predicted molar refractivity (Wildman–Crippen MR) is 120 cm³/mol. The molecule has 0 aliphatic heterocycles. The maximum atomic E-state index is 12.1. The highest BCUT2D eigenvalue weighted by Gasteiger charge is 2.28. The SMILES string of the molecule is COCc1cc(C#CCCNC(=O)OCC2c3ccccc3-c3ccccc32)cs1. The molecule has 1 aliphatic rings. The molecule has 30 heavy (non-hydrogen) atoms. The summed E-state index contributed by atoms with van der Waals surface area (Å²) in [6.45, 7) is 1.39. The largest absolute Gasteiger partial charge is 0.449 e. The lowest BCUT2D eigenvalue weighted by molar-refractivity contribution is 0.143. The highest BCUT2D eigenvalue weighted by Crippen LogP contribution is 2.44. The molecule has 4 rings (SSSR count). The van der Waals surface area contributed by atoms with E-state index in [-0.39, 0.29) is 5.92 Å². The summed E-state index contributed by atoms with van der Waals surface area (Å²) in [5.74, 6) is 6.26. The van der Waals surface area contributed by atoms with Gasteiger partial charge in [0.1, 0.15) is 6.61 Å². The third-order valence-corrected chi connectivity index (χ3v) is 5.95. The molecule has 0 radical (unpaired) electrons. The number of thiophene rings is 1. The number of hydrogen-bond donors (Lipinski definition) is 1. The first-order chi connectivity index (χ1) is 14.8. The van der Waals surface area contributed by atoms with E-state index in [1.165, 1.54) is 22.3 Å². The van der Waals surface area contributed by atoms with Gasteiger partial charge in [-0.3, -0.25) is 0 Å². The van der Waals surface area contributed by atoms with E-state index in [1.54, 1.807) is 18.4 Å². The second-order valence-electron chi connectivity index (χ2n) is 7.04. The number of methoxy groups -OCH3 is 1. The highest BCUT2D eigenvalue weighted by atomic mass is 32.1. The van der Waals surface area contributed by atoms with Crippen LogP contribution in [0.5, 0.6) is 0 Å². The van der Waals surface area contributed by atoms with E-state index < -0.39 is 6.09 Å². The van der Waals surface area contributed by atoms with Crippen LogP contribution in [0.25, 0.3) is 11.1 Å². The van der Waals surface area contributed by atoms with Gasteiger partial charge in [-0.25, -0.2) is 4.79 Å². The van der Waals surface area contributed by atoms with Gasteiger partial charge in [-0.1, -0.05) is 60.4 Å². The number of carbonyl (C=O) groups excluding carboxylic acids is 1. The average Bonchev–Trinajstić information content (AvgIpc) is 3.34. The lowest BCUT2D eigenvalue weighted by Gasteiger charge is -2.14. The fraction of sp³-hybridized carbons (Fsp3) is 0.240. The Morgan fingerprint density at radius 1 is 1.10 bits per heavy atom. The normalized spacial score (nSPS) is 11.9. The van der Waals surface area contributed by atoms with Crippen LogP contribution in [0.2, 0.25) is 0 Å². The van der Waals surface area contributed by atoms with Gasteiger partial charge in [0.15, 0.2) is 0 Å². The first-order valence-corrected chi connectivity index (χ1v) is 10.8. The molecule has 152 valence electrons. The van der Waals surface area contributed by atoms with E-state index in [4.69, 9.17) is 9.47 Å². The Kier molecular flexibility index (Phi) is 6.48. The van der Waals surface area contributed by atoms with E-state index in [2.05, 4.69) is 41.4 Å². The summed E-state index contributed by atoms with van der Waals surface area (Å²) in [7, 11) is 1.68. The van der Waals surface area contributed by atoms with Crippen molar-refractivity contribution in [2.45, 2.75) is 18.9 Å². The molecule has 0 unspecified atom stereocenters. The smallest absolute Gasteiger partial charge is 0.407 e. The number of rotatable bonds is 6. The van der Waals surface area contributed by atoms with Crippen molar-refractivity contribution in [2.75, 3.05) is 20.3 Å². The number of amides is 1. The molecule has 0 saturated heterocycles. The lowest BCUT2D eigenvalue weighted by atomic mass is 9.98. The minimum atomic E-state index is -0.406. The molecular weight excluding hydrogens is 394 g/mol. The molecule has 3 aromatic rings. The van der Waals surface area contributed by atoms with Crippen molar-refractivity contribution >= 4 is 17.4 Å². The van der Waals surface area contributed by atoms with Crippen molar-refractivity contribution in [1.82, 2.24) is 5.32 Å². The number of benzene rings is 2. The van der Waals surface area contributed by atoms with Gasteiger partial charge >= 0.3 is 6.09 Å². The monoisotopic (exact) mass is 417 g/mol. The van der Waals surface area contributed by atoms with Gasteiger partial charge < -0.3 is 14.8 Å². The summed E-state index contributed by atoms with van der Waals surface area (Å²) in [5.41, 5.74) is 5.84. The van der Waals surface area contributed by atoms with Crippen molar-refractivity contribution in [1.29, 1.82) is 0 Å². The third-order valence-electron chi connectivity index (χ3n) is 5.04. The Morgan fingerprint density at radius 2 is 1.80 bits per heavy atom. The zero-order valence-corrected chi connectivity index (χ0v) is 17.6. The van der Waals surface area contributed by atoms with Crippen molar-refractivity contribution in [3.05, 3.63) is 81.5 Å². The van der Waals surface area contributed by atoms with Gasteiger partial charge in [0, 0.05) is 41.8 Å². The Balaban J connectivity index is 1.26. The van der Waals surface area contributed by atoms with Crippen LogP contribution in [0.15, 0.2) is 60.0 Å². The van der Waals surface area contributed by atoms with Crippen molar-refractivity contribution in [2.24, 2.45) is 0 Å². The average molecular weight is 418 g/mol. The van der Waals surface area contributed by atoms with Crippen LogP contribution < -0.4 is 5.32 Å². The molecule has 5 heteroatoms. The summed E-state index contributed by atoms with van der Waals surface area (Å²) in [6.07, 6.45) is 0.163. The molecule has 1 heterocycles. The number of hydrogen-bond acceptors (Lipinski definition) is 4. The summed E-state index contributed by atoms with van der Waals surface area (Å²) in [5, 5.41) is 4.80.